The van der Waals surface area contributed by atoms with Crippen LogP contribution in [-0.2, 0) is 9.59 Å². The van der Waals surface area contributed by atoms with E-state index in [1.807, 2.05) is 0 Å². The van der Waals surface area contributed by atoms with Crippen molar-refractivity contribution in [3.8, 4) is 0 Å². The van der Waals surface area contributed by atoms with Gasteiger partial charge in [-0.25, -0.2) is 4.79 Å². The van der Waals surface area contributed by atoms with Gasteiger partial charge in [-0.05, 0) is 6.42 Å². The fraction of sp³-hybridized carbons (Fsp3) is 0.800. The molecule has 0 bridgehead atoms. The third kappa shape index (κ3) is 7.58. The number of rotatable bonds is 7. The van der Waals surface area contributed by atoms with E-state index < -0.39 is 11.9 Å². The maximum atomic E-state index is 10.6. The average Bonchev–Trinajstić information content (AvgIpc) is 2.16. The van der Waals surface area contributed by atoms with E-state index in [1.165, 1.54) is 19.3 Å². The number of carbonyl (C=O) groups is 2. The van der Waals surface area contributed by atoms with Crippen LogP contribution in [0.2, 0.25) is 0 Å². The zero-order valence-electron chi connectivity index (χ0n) is 8.71. The van der Waals surface area contributed by atoms with Crippen LogP contribution in [0.25, 0.3) is 0 Å². The van der Waals surface area contributed by atoms with Crippen molar-refractivity contribution in [2.75, 3.05) is 6.54 Å². The fourth-order valence-electron chi connectivity index (χ4n) is 1.18. The number of aliphatic carboxylic acids is 1. The van der Waals surface area contributed by atoms with Crippen LogP contribution in [0.3, 0.4) is 0 Å². The summed E-state index contributed by atoms with van der Waals surface area (Å²) >= 11 is 0. The lowest BCUT2D eigenvalue weighted by Crippen LogP contribution is -2.31. The second kappa shape index (κ2) is 8.53. The molecule has 1 amide bonds. The summed E-state index contributed by atoms with van der Waals surface area (Å²) in [6, 6.07) is 0. The molecule has 0 fully saturated rings. The zero-order chi connectivity index (χ0) is 10.8. The van der Waals surface area contributed by atoms with E-state index in [2.05, 4.69) is 12.2 Å². The van der Waals surface area contributed by atoms with Crippen molar-refractivity contribution in [2.45, 2.75) is 45.4 Å². The first-order valence-corrected chi connectivity index (χ1v) is 5.19. The molecule has 0 rings (SSSR count). The Kier molecular flexibility index (Phi) is 7.89. The number of carboxylic acids is 1. The highest BCUT2D eigenvalue weighted by Gasteiger charge is 2.08. The van der Waals surface area contributed by atoms with Gasteiger partial charge in [-0.1, -0.05) is 39.0 Å². The number of hydrogen-bond donors (Lipinski definition) is 2. The van der Waals surface area contributed by atoms with Crippen LogP contribution < -0.4 is 5.32 Å². The van der Waals surface area contributed by atoms with E-state index >= 15 is 0 Å². The Bertz CT molecular complexity index is 180. The van der Waals surface area contributed by atoms with Crippen molar-refractivity contribution in [2.24, 2.45) is 0 Å². The molecule has 0 aromatic rings. The van der Waals surface area contributed by atoms with Gasteiger partial charge in [0.25, 0.3) is 0 Å². The molecule has 4 heteroatoms. The van der Waals surface area contributed by atoms with Crippen molar-refractivity contribution in [1.29, 1.82) is 0 Å². The van der Waals surface area contributed by atoms with E-state index in [9.17, 15) is 9.59 Å². The van der Waals surface area contributed by atoms with E-state index in [1.54, 1.807) is 0 Å². The molecule has 0 saturated heterocycles. The largest absolute Gasteiger partial charge is 0.474 e. The highest BCUT2D eigenvalue weighted by Crippen LogP contribution is 2.03. The monoisotopic (exact) mass is 201 g/mol. The Morgan fingerprint density at radius 3 is 2.21 bits per heavy atom. The van der Waals surface area contributed by atoms with Gasteiger partial charge in [0.1, 0.15) is 0 Å². The first-order valence-electron chi connectivity index (χ1n) is 5.19. The predicted octanol–water partition coefficient (Wildman–Crippen LogP) is 1.55. The lowest BCUT2D eigenvalue weighted by atomic mass is 10.1. The van der Waals surface area contributed by atoms with Gasteiger partial charge in [0.15, 0.2) is 0 Å². The molecule has 0 saturated carbocycles. The molecule has 0 aromatic carbocycles. The smallest absolute Gasteiger partial charge is 0.394 e. The molecule has 0 aliphatic rings. The number of amides is 1. The van der Waals surface area contributed by atoms with Gasteiger partial charge in [0, 0.05) is 6.54 Å². The zero-order valence-corrected chi connectivity index (χ0v) is 8.71. The minimum atomic E-state index is -1.41. The SMILES string of the molecule is CCCCCCCCNC(=O)C(=O)O. The Morgan fingerprint density at radius 1 is 1.07 bits per heavy atom. The van der Waals surface area contributed by atoms with Crippen LogP contribution in [0.1, 0.15) is 45.4 Å². The van der Waals surface area contributed by atoms with E-state index in [0.717, 1.165) is 19.3 Å². The molecule has 0 heterocycles. The van der Waals surface area contributed by atoms with Crippen molar-refractivity contribution in [1.82, 2.24) is 5.32 Å². The number of nitrogens with one attached hydrogen (secondary N) is 1. The minimum Gasteiger partial charge on any atom is -0.474 e. The molecule has 0 atom stereocenters. The van der Waals surface area contributed by atoms with Crippen LogP contribution >= 0.6 is 0 Å². The third-order valence-electron chi connectivity index (χ3n) is 2.01. The maximum Gasteiger partial charge on any atom is 0.394 e. The first kappa shape index (κ1) is 12.9. The highest BCUT2D eigenvalue weighted by atomic mass is 16.4. The van der Waals surface area contributed by atoms with Gasteiger partial charge in [-0.3, -0.25) is 4.79 Å². The summed E-state index contributed by atoms with van der Waals surface area (Å²) in [5, 5.41) is 10.6. The Labute approximate surface area is 84.7 Å². The molecule has 2 N–H and O–H groups in total. The van der Waals surface area contributed by atoms with Gasteiger partial charge in [0.05, 0.1) is 0 Å². The number of unbranched alkanes of at least 4 members (excludes halogenated alkanes) is 5. The fourth-order valence-corrected chi connectivity index (χ4v) is 1.18. The number of hydrogen-bond acceptors (Lipinski definition) is 2. The Morgan fingerprint density at radius 2 is 1.64 bits per heavy atom. The molecular formula is C10H19NO3. The topological polar surface area (TPSA) is 66.4 Å². The third-order valence-corrected chi connectivity index (χ3v) is 2.01. The molecule has 0 aliphatic heterocycles. The van der Waals surface area contributed by atoms with Gasteiger partial charge in [-0.15, -0.1) is 0 Å². The molecule has 0 spiro atoms. The van der Waals surface area contributed by atoms with Crippen LogP contribution in [0.15, 0.2) is 0 Å². The summed E-state index contributed by atoms with van der Waals surface area (Å²) in [4.78, 5) is 20.7. The molecular weight excluding hydrogens is 182 g/mol. The molecule has 0 unspecified atom stereocenters. The Balaban J connectivity index is 3.13. The molecule has 14 heavy (non-hydrogen) atoms. The van der Waals surface area contributed by atoms with Crippen molar-refractivity contribution < 1.29 is 14.7 Å². The summed E-state index contributed by atoms with van der Waals surface area (Å²) in [6.07, 6.45) is 6.78. The molecule has 0 radical (unpaired) electrons. The van der Waals surface area contributed by atoms with Crippen molar-refractivity contribution in [3.63, 3.8) is 0 Å². The Hall–Kier alpha value is -1.06. The van der Waals surface area contributed by atoms with Crippen LogP contribution in [-0.4, -0.2) is 23.5 Å². The van der Waals surface area contributed by atoms with Crippen LogP contribution in [0.5, 0.6) is 0 Å². The lowest BCUT2D eigenvalue weighted by molar-refractivity contribution is -0.150. The van der Waals surface area contributed by atoms with Gasteiger partial charge in [-0.2, -0.15) is 0 Å². The van der Waals surface area contributed by atoms with Gasteiger partial charge < -0.3 is 10.4 Å². The van der Waals surface area contributed by atoms with E-state index in [4.69, 9.17) is 5.11 Å². The van der Waals surface area contributed by atoms with Gasteiger partial charge >= 0.3 is 11.9 Å². The van der Waals surface area contributed by atoms with Gasteiger partial charge in [0.2, 0.25) is 0 Å². The number of carboxylic acid groups (broad SMARTS) is 1. The quantitative estimate of drug-likeness (QED) is 0.485. The van der Waals surface area contributed by atoms with Crippen molar-refractivity contribution in [3.05, 3.63) is 0 Å². The standard InChI is InChI=1S/C10H19NO3/c1-2-3-4-5-6-7-8-11-9(12)10(13)14/h2-8H2,1H3,(H,11,12)(H,13,14). The summed E-state index contributed by atoms with van der Waals surface area (Å²) < 4.78 is 0. The lowest BCUT2D eigenvalue weighted by Gasteiger charge is -2.01. The second-order valence-electron chi connectivity index (χ2n) is 3.33. The number of carbonyl (C=O) groups excluding carboxylic acids is 1. The van der Waals surface area contributed by atoms with E-state index in [-0.39, 0.29) is 0 Å². The normalized spacial score (nSPS) is 9.79. The second-order valence-corrected chi connectivity index (χ2v) is 3.33. The molecule has 0 aliphatic carbocycles. The summed E-state index contributed by atoms with van der Waals surface area (Å²) in [6.45, 7) is 2.63. The highest BCUT2D eigenvalue weighted by molar-refractivity contribution is 6.31. The van der Waals surface area contributed by atoms with Crippen LogP contribution in [0.4, 0.5) is 0 Å². The minimum absolute atomic E-state index is 0.470. The summed E-state index contributed by atoms with van der Waals surface area (Å²) in [5.74, 6) is -2.31. The summed E-state index contributed by atoms with van der Waals surface area (Å²) in [7, 11) is 0. The predicted molar refractivity (Wildman–Crippen MR) is 54.0 cm³/mol. The molecule has 82 valence electrons. The van der Waals surface area contributed by atoms with E-state index in [0.29, 0.717) is 6.54 Å². The van der Waals surface area contributed by atoms with Crippen LogP contribution in [0, 0.1) is 0 Å². The van der Waals surface area contributed by atoms with Crippen molar-refractivity contribution >= 4 is 11.9 Å². The first-order chi connectivity index (χ1) is 6.68. The molecule has 4 nitrogen and oxygen atoms in total. The summed E-state index contributed by atoms with van der Waals surface area (Å²) in [5.41, 5.74) is 0. The average molecular weight is 201 g/mol. The molecule has 0 aromatic heterocycles. The maximum absolute atomic E-state index is 10.6.